The van der Waals surface area contributed by atoms with E-state index < -0.39 is 21.0 Å². The molecule has 9 heteroatoms. The number of rotatable bonds is 5. The number of hydrogen-bond acceptors (Lipinski definition) is 5. The van der Waals surface area contributed by atoms with Crippen molar-refractivity contribution in [2.45, 2.75) is 18.6 Å². The van der Waals surface area contributed by atoms with E-state index in [1.54, 1.807) is 18.3 Å². The van der Waals surface area contributed by atoms with E-state index in [2.05, 4.69) is 10.3 Å². The van der Waals surface area contributed by atoms with Crippen LogP contribution >= 0.6 is 34.5 Å². The van der Waals surface area contributed by atoms with Gasteiger partial charge in [-0.1, -0.05) is 35.3 Å². The van der Waals surface area contributed by atoms with Gasteiger partial charge in [0.1, 0.15) is 5.25 Å². The fourth-order valence-corrected chi connectivity index (χ4v) is 3.39. The Morgan fingerprint density at radius 2 is 2.09 bits per heavy atom. The topological polar surface area (TPSA) is 76.1 Å². The van der Waals surface area contributed by atoms with Crippen LogP contribution in [0.4, 0.5) is 5.13 Å². The van der Waals surface area contributed by atoms with Crippen molar-refractivity contribution in [1.82, 2.24) is 4.98 Å². The fraction of sp³-hybridized carbons (Fsp3) is 0.286. The molecule has 0 saturated carbocycles. The SMILES string of the molecule is C[C@@H](C(=O)Nc1ncc(Cc2cccc(Cl)c2Cl)s1)S(C)(=O)=O. The number of anilines is 1. The third kappa shape index (κ3) is 4.67. The molecule has 5 nitrogen and oxygen atoms in total. The minimum Gasteiger partial charge on any atom is -0.301 e. The van der Waals surface area contributed by atoms with Gasteiger partial charge in [-0.05, 0) is 18.6 Å². The quantitative estimate of drug-likeness (QED) is 0.845. The second-order valence-corrected chi connectivity index (χ2v) is 9.25. The highest BCUT2D eigenvalue weighted by Crippen LogP contribution is 2.29. The van der Waals surface area contributed by atoms with Gasteiger partial charge in [0.15, 0.2) is 15.0 Å². The van der Waals surface area contributed by atoms with Crippen molar-refractivity contribution in [1.29, 1.82) is 0 Å². The zero-order valence-electron chi connectivity index (χ0n) is 12.3. The van der Waals surface area contributed by atoms with Gasteiger partial charge in [0, 0.05) is 23.8 Å². The molecular weight excluding hydrogens is 379 g/mol. The smallest absolute Gasteiger partial charge is 0.244 e. The van der Waals surface area contributed by atoms with Gasteiger partial charge >= 0.3 is 0 Å². The summed E-state index contributed by atoms with van der Waals surface area (Å²) in [5.74, 6) is -0.603. The van der Waals surface area contributed by atoms with E-state index in [0.29, 0.717) is 21.6 Å². The number of nitrogens with one attached hydrogen (secondary N) is 1. The lowest BCUT2D eigenvalue weighted by molar-refractivity contribution is -0.115. The third-order valence-electron chi connectivity index (χ3n) is 3.19. The largest absolute Gasteiger partial charge is 0.301 e. The Labute approximate surface area is 148 Å². The standard InChI is InChI=1S/C14H14Cl2N2O3S2/c1-8(23(2,20)21)13(19)18-14-17-7-10(22-14)6-9-4-3-5-11(15)12(9)16/h3-5,7-8H,6H2,1-2H3,(H,17,18,19)/t8-/m0/s1. The summed E-state index contributed by atoms with van der Waals surface area (Å²) in [6.07, 6.45) is 3.16. The fourth-order valence-electron chi connectivity index (χ4n) is 1.72. The molecule has 1 aromatic heterocycles. The summed E-state index contributed by atoms with van der Waals surface area (Å²) < 4.78 is 22.7. The van der Waals surface area contributed by atoms with Gasteiger partial charge in [0.05, 0.1) is 10.0 Å². The minimum atomic E-state index is -3.44. The molecule has 1 N–H and O–H groups in total. The van der Waals surface area contributed by atoms with Crippen molar-refractivity contribution in [2.24, 2.45) is 0 Å². The zero-order valence-corrected chi connectivity index (χ0v) is 15.5. The summed E-state index contributed by atoms with van der Waals surface area (Å²) in [5, 5.41) is 2.69. The number of benzene rings is 1. The first-order valence-electron chi connectivity index (χ1n) is 6.56. The maximum Gasteiger partial charge on any atom is 0.244 e. The summed E-state index contributed by atoms with van der Waals surface area (Å²) in [6.45, 7) is 1.34. The molecule has 0 aliphatic rings. The van der Waals surface area contributed by atoms with Gasteiger partial charge < -0.3 is 5.32 Å². The lowest BCUT2D eigenvalue weighted by Gasteiger charge is -2.07. The van der Waals surface area contributed by atoms with Gasteiger partial charge in [-0.15, -0.1) is 11.3 Å². The van der Waals surface area contributed by atoms with Crippen LogP contribution in [0.5, 0.6) is 0 Å². The Hall–Kier alpha value is -1.15. The Bertz CT molecular complexity index is 834. The molecule has 23 heavy (non-hydrogen) atoms. The molecule has 0 aliphatic heterocycles. The van der Waals surface area contributed by atoms with E-state index >= 15 is 0 Å². The highest BCUT2D eigenvalue weighted by Gasteiger charge is 2.24. The molecule has 1 atom stereocenters. The molecule has 2 aromatic rings. The number of carbonyl (C=O) groups is 1. The lowest BCUT2D eigenvalue weighted by Crippen LogP contribution is -2.31. The molecule has 0 saturated heterocycles. The first kappa shape index (κ1) is 18.2. The number of nitrogens with zero attached hydrogens (tertiary/aromatic N) is 1. The van der Waals surface area contributed by atoms with Crippen molar-refractivity contribution in [2.75, 3.05) is 11.6 Å². The van der Waals surface area contributed by atoms with Gasteiger partial charge in [0.25, 0.3) is 0 Å². The van der Waals surface area contributed by atoms with Crippen LogP contribution in [0, 0.1) is 0 Å². The summed E-state index contributed by atoms with van der Waals surface area (Å²) in [4.78, 5) is 16.8. The second-order valence-electron chi connectivity index (χ2n) is 4.98. The van der Waals surface area contributed by atoms with Crippen molar-refractivity contribution in [3.63, 3.8) is 0 Å². The Morgan fingerprint density at radius 1 is 1.39 bits per heavy atom. The zero-order chi connectivity index (χ0) is 17.2. The highest BCUT2D eigenvalue weighted by atomic mass is 35.5. The molecule has 1 amide bonds. The molecule has 1 heterocycles. The van der Waals surface area contributed by atoms with Crippen molar-refractivity contribution in [3.8, 4) is 0 Å². The second kappa shape index (κ2) is 7.17. The van der Waals surface area contributed by atoms with E-state index in [-0.39, 0.29) is 0 Å². The number of carbonyl (C=O) groups excluding carboxylic acids is 1. The molecule has 0 aliphatic carbocycles. The number of amides is 1. The van der Waals surface area contributed by atoms with Crippen LogP contribution < -0.4 is 5.32 Å². The van der Waals surface area contributed by atoms with Gasteiger partial charge in [-0.3, -0.25) is 4.79 Å². The van der Waals surface area contributed by atoms with Gasteiger partial charge in [-0.2, -0.15) is 0 Å². The van der Waals surface area contributed by atoms with E-state index in [9.17, 15) is 13.2 Å². The van der Waals surface area contributed by atoms with Crippen molar-refractivity contribution >= 4 is 55.4 Å². The number of aromatic nitrogens is 1. The maximum atomic E-state index is 11.9. The van der Waals surface area contributed by atoms with Crippen molar-refractivity contribution in [3.05, 3.63) is 44.9 Å². The minimum absolute atomic E-state index is 0.346. The van der Waals surface area contributed by atoms with E-state index in [1.807, 2.05) is 6.07 Å². The third-order valence-corrected chi connectivity index (χ3v) is 6.46. The molecule has 0 spiro atoms. The highest BCUT2D eigenvalue weighted by molar-refractivity contribution is 7.92. The maximum absolute atomic E-state index is 11.9. The van der Waals surface area contributed by atoms with Crippen LogP contribution in [-0.4, -0.2) is 30.8 Å². The molecule has 124 valence electrons. The molecule has 0 bridgehead atoms. The Kier molecular flexibility index (Phi) is 5.67. The summed E-state index contributed by atoms with van der Waals surface area (Å²) in [6, 6.07) is 5.37. The Balaban J connectivity index is 2.09. The first-order valence-corrected chi connectivity index (χ1v) is 10.1. The predicted octanol–water partition coefficient (Wildman–Crippen LogP) is 3.41. The molecular formula is C14H14Cl2N2O3S2. The average Bonchev–Trinajstić information content (AvgIpc) is 2.89. The van der Waals surface area contributed by atoms with E-state index in [1.165, 1.54) is 18.3 Å². The monoisotopic (exact) mass is 392 g/mol. The van der Waals surface area contributed by atoms with Gasteiger partial charge in [0.2, 0.25) is 5.91 Å². The summed E-state index contributed by atoms with van der Waals surface area (Å²) >= 11 is 13.4. The van der Waals surface area contributed by atoms with Crippen LogP contribution in [0.3, 0.4) is 0 Å². The predicted molar refractivity (Wildman–Crippen MR) is 94.3 cm³/mol. The normalized spacial score (nSPS) is 12.9. The number of halogens is 2. The summed E-state index contributed by atoms with van der Waals surface area (Å²) in [5.41, 5.74) is 0.852. The lowest BCUT2D eigenvalue weighted by atomic mass is 10.1. The molecule has 2 rings (SSSR count). The average molecular weight is 393 g/mol. The number of hydrogen-bond donors (Lipinski definition) is 1. The van der Waals surface area contributed by atoms with Gasteiger partial charge in [-0.25, -0.2) is 13.4 Å². The van der Waals surface area contributed by atoms with E-state index in [0.717, 1.165) is 16.7 Å². The van der Waals surface area contributed by atoms with E-state index in [4.69, 9.17) is 23.2 Å². The van der Waals surface area contributed by atoms with Crippen LogP contribution in [0.1, 0.15) is 17.4 Å². The molecule has 0 fully saturated rings. The Morgan fingerprint density at radius 3 is 2.74 bits per heavy atom. The first-order chi connectivity index (χ1) is 10.7. The molecule has 1 aromatic carbocycles. The number of thiazole rings is 1. The van der Waals surface area contributed by atoms with Crippen LogP contribution in [0.15, 0.2) is 24.4 Å². The van der Waals surface area contributed by atoms with Crippen LogP contribution in [-0.2, 0) is 21.1 Å². The van der Waals surface area contributed by atoms with Crippen LogP contribution in [0.25, 0.3) is 0 Å². The molecule has 0 radical (unpaired) electrons. The van der Waals surface area contributed by atoms with Crippen molar-refractivity contribution < 1.29 is 13.2 Å². The molecule has 0 unspecified atom stereocenters. The van der Waals surface area contributed by atoms with Crippen LogP contribution in [0.2, 0.25) is 10.0 Å². The summed E-state index contributed by atoms with van der Waals surface area (Å²) in [7, 11) is -3.44. The number of sulfone groups is 1.